The smallest absolute Gasteiger partial charge is 0.308 e. The molecule has 1 aromatic carbocycles. The molecule has 0 aliphatic carbocycles. The molecule has 1 aromatic rings. The zero-order valence-corrected chi connectivity index (χ0v) is 11.6. The van der Waals surface area contributed by atoms with E-state index >= 15 is 0 Å². The molecule has 2 unspecified atom stereocenters. The molecule has 0 saturated heterocycles. The predicted octanol–water partition coefficient (Wildman–Crippen LogP) is 2.31. The maximum atomic E-state index is 10.9. The van der Waals surface area contributed by atoms with Gasteiger partial charge in [-0.2, -0.15) is 0 Å². The lowest BCUT2D eigenvalue weighted by Crippen LogP contribution is -2.41. The molecule has 0 aromatic heterocycles. The first-order valence-corrected chi connectivity index (χ1v) is 6.50. The Labute approximate surface area is 114 Å². The van der Waals surface area contributed by atoms with Gasteiger partial charge < -0.3 is 14.9 Å². The lowest BCUT2D eigenvalue weighted by molar-refractivity contribution is -0.152. The van der Waals surface area contributed by atoms with E-state index in [-0.39, 0.29) is 5.92 Å². The van der Waals surface area contributed by atoms with Crippen LogP contribution in [0.5, 0.6) is 0 Å². The van der Waals surface area contributed by atoms with Crippen molar-refractivity contribution in [1.82, 2.24) is 0 Å². The number of carboxylic acid groups (broad SMARTS) is 1. The molecular weight excluding hydrogens is 244 g/mol. The molecule has 4 heteroatoms. The number of aliphatic hydroxyl groups is 1. The molecule has 4 nitrogen and oxygen atoms in total. The summed E-state index contributed by atoms with van der Waals surface area (Å²) in [6, 6.07) is 9.62. The van der Waals surface area contributed by atoms with Crippen LogP contribution in [0.15, 0.2) is 30.3 Å². The Morgan fingerprint density at radius 1 is 1.21 bits per heavy atom. The van der Waals surface area contributed by atoms with Crippen LogP contribution in [0.4, 0.5) is 0 Å². The third kappa shape index (κ3) is 4.65. The maximum Gasteiger partial charge on any atom is 0.308 e. The van der Waals surface area contributed by atoms with E-state index in [0.717, 1.165) is 5.56 Å². The molecule has 0 radical (unpaired) electrons. The van der Waals surface area contributed by atoms with Gasteiger partial charge in [0.25, 0.3) is 0 Å². The lowest BCUT2D eigenvalue weighted by Gasteiger charge is -2.29. The van der Waals surface area contributed by atoms with Crippen LogP contribution in [0, 0.1) is 11.8 Å². The molecule has 0 heterocycles. The summed E-state index contributed by atoms with van der Waals surface area (Å²) in [7, 11) is 0. The summed E-state index contributed by atoms with van der Waals surface area (Å²) >= 11 is 0. The molecule has 0 fully saturated rings. The highest BCUT2D eigenvalue weighted by Crippen LogP contribution is 2.19. The third-order valence-electron chi connectivity index (χ3n) is 3.18. The van der Waals surface area contributed by atoms with Gasteiger partial charge in [-0.1, -0.05) is 44.2 Å². The van der Waals surface area contributed by atoms with Crippen molar-refractivity contribution in [2.45, 2.75) is 39.6 Å². The van der Waals surface area contributed by atoms with E-state index in [1.165, 1.54) is 6.92 Å². The van der Waals surface area contributed by atoms with E-state index < -0.39 is 24.1 Å². The highest BCUT2D eigenvalue weighted by Gasteiger charge is 2.32. The van der Waals surface area contributed by atoms with Crippen LogP contribution in [-0.2, 0) is 16.1 Å². The molecule has 106 valence electrons. The standard InChI is InChI=1S/C15H22O4/c1-10(2)14(13(16)11(3)15(17)18)19-9-12-7-5-4-6-8-12/h4-8,10-11,13-14,16H,9H2,1-3H3,(H,17,18)/t11?,13?,14-/m0/s1. The summed E-state index contributed by atoms with van der Waals surface area (Å²) in [4.78, 5) is 10.9. The van der Waals surface area contributed by atoms with Gasteiger partial charge in [0.15, 0.2) is 0 Å². The van der Waals surface area contributed by atoms with E-state index in [0.29, 0.717) is 6.61 Å². The summed E-state index contributed by atoms with van der Waals surface area (Å²) in [6.45, 7) is 5.68. The number of rotatable bonds is 7. The number of ether oxygens (including phenoxy) is 1. The Bertz CT molecular complexity index is 388. The predicted molar refractivity (Wildman–Crippen MR) is 72.7 cm³/mol. The van der Waals surface area contributed by atoms with Crippen molar-refractivity contribution in [2.24, 2.45) is 11.8 Å². The van der Waals surface area contributed by atoms with Gasteiger partial charge in [-0.3, -0.25) is 4.79 Å². The number of hydrogen-bond donors (Lipinski definition) is 2. The average Bonchev–Trinajstić information content (AvgIpc) is 2.38. The second-order valence-corrected chi connectivity index (χ2v) is 5.12. The molecule has 0 saturated carbocycles. The van der Waals surface area contributed by atoms with Gasteiger partial charge >= 0.3 is 5.97 Å². The highest BCUT2D eigenvalue weighted by atomic mass is 16.5. The first-order valence-electron chi connectivity index (χ1n) is 6.50. The van der Waals surface area contributed by atoms with Gasteiger partial charge in [0.05, 0.1) is 24.7 Å². The summed E-state index contributed by atoms with van der Waals surface area (Å²) in [5.74, 6) is -1.81. The SMILES string of the molecule is CC(C(=O)O)C(O)[C@@H](OCc1ccccc1)C(C)C. The molecular formula is C15H22O4. The summed E-state index contributed by atoms with van der Waals surface area (Å²) < 4.78 is 5.71. The van der Waals surface area contributed by atoms with E-state index in [4.69, 9.17) is 9.84 Å². The fraction of sp³-hybridized carbons (Fsp3) is 0.533. The zero-order valence-electron chi connectivity index (χ0n) is 11.6. The first kappa shape index (κ1) is 15.7. The quantitative estimate of drug-likeness (QED) is 0.794. The Balaban J connectivity index is 2.65. The highest BCUT2D eigenvalue weighted by molar-refractivity contribution is 5.70. The van der Waals surface area contributed by atoms with Crippen LogP contribution in [0.3, 0.4) is 0 Å². The van der Waals surface area contributed by atoms with Crippen LogP contribution in [0.25, 0.3) is 0 Å². The van der Waals surface area contributed by atoms with Crippen molar-refractivity contribution >= 4 is 5.97 Å². The second kappa shape index (κ2) is 7.26. The minimum absolute atomic E-state index is 0.0421. The van der Waals surface area contributed by atoms with E-state index in [1.54, 1.807) is 0 Å². The van der Waals surface area contributed by atoms with Crippen molar-refractivity contribution < 1.29 is 19.7 Å². The maximum absolute atomic E-state index is 10.9. The average molecular weight is 266 g/mol. The van der Waals surface area contributed by atoms with Crippen molar-refractivity contribution in [3.05, 3.63) is 35.9 Å². The van der Waals surface area contributed by atoms with Crippen molar-refractivity contribution in [3.63, 3.8) is 0 Å². The van der Waals surface area contributed by atoms with E-state index in [1.807, 2.05) is 44.2 Å². The number of benzene rings is 1. The van der Waals surface area contributed by atoms with Crippen molar-refractivity contribution in [2.75, 3.05) is 0 Å². The van der Waals surface area contributed by atoms with Crippen LogP contribution < -0.4 is 0 Å². The first-order chi connectivity index (χ1) is 8.93. The van der Waals surface area contributed by atoms with E-state index in [2.05, 4.69) is 0 Å². The topological polar surface area (TPSA) is 66.8 Å². The Morgan fingerprint density at radius 3 is 2.26 bits per heavy atom. The largest absolute Gasteiger partial charge is 0.481 e. The minimum Gasteiger partial charge on any atom is -0.481 e. The van der Waals surface area contributed by atoms with Crippen molar-refractivity contribution in [1.29, 1.82) is 0 Å². The van der Waals surface area contributed by atoms with Gasteiger partial charge in [0, 0.05) is 0 Å². The fourth-order valence-electron chi connectivity index (χ4n) is 1.88. The Morgan fingerprint density at radius 2 is 1.79 bits per heavy atom. The number of carboxylic acids is 1. The Kier molecular flexibility index (Phi) is 5.99. The van der Waals surface area contributed by atoms with Gasteiger partial charge in [0.1, 0.15) is 0 Å². The summed E-state index contributed by atoms with van der Waals surface area (Å²) in [5.41, 5.74) is 1.00. The van der Waals surface area contributed by atoms with Gasteiger partial charge in [-0.15, -0.1) is 0 Å². The molecule has 0 spiro atoms. The molecule has 0 amide bonds. The molecule has 0 aliphatic heterocycles. The number of carbonyl (C=O) groups is 1. The molecule has 0 aliphatic rings. The Hall–Kier alpha value is -1.39. The molecule has 3 atom stereocenters. The fourth-order valence-corrected chi connectivity index (χ4v) is 1.88. The monoisotopic (exact) mass is 266 g/mol. The zero-order chi connectivity index (χ0) is 14.4. The van der Waals surface area contributed by atoms with Crippen molar-refractivity contribution in [3.8, 4) is 0 Å². The normalized spacial score (nSPS) is 16.1. The second-order valence-electron chi connectivity index (χ2n) is 5.12. The lowest BCUT2D eigenvalue weighted by atomic mass is 9.92. The molecule has 2 N–H and O–H groups in total. The van der Waals surface area contributed by atoms with Gasteiger partial charge in [-0.05, 0) is 18.4 Å². The van der Waals surface area contributed by atoms with Crippen LogP contribution >= 0.6 is 0 Å². The molecule has 19 heavy (non-hydrogen) atoms. The van der Waals surface area contributed by atoms with Crippen LogP contribution in [0.2, 0.25) is 0 Å². The number of aliphatic hydroxyl groups excluding tert-OH is 1. The number of aliphatic carboxylic acids is 1. The number of hydrogen-bond acceptors (Lipinski definition) is 3. The molecule has 0 bridgehead atoms. The van der Waals surface area contributed by atoms with Gasteiger partial charge in [0.2, 0.25) is 0 Å². The van der Waals surface area contributed by atoms with Crippen LogP contribution in [-0.4, -0.2) is 28.4 Å². The van der Waals surface area contributed by atoms with Crippen LogP contribution in [0.1, 0.15) is 26.3 Å². The summed E-state index contributed by atoms with van der Waals surface area (Å²) in [5, 5.41) is 19.0. The third-order valence-corrected chi connectivity index (χ3v) is 3.18. The molecule has 1 rings (SSSR count). The summed E-state index contributed by atoms with van der Waals surface area (Å²) in [6.07, 6.45) is -1.51. The minimum atomic E-state index is -1.01. The van der Waals surface area contributed by atoms with Gasteiger partial charge in [-0.25, -0.2) is 0 Å². The van der Waals surface area contributed by atoms with E-state index in [9.17, 15) is 9.90 Å².